The molecule has 0 aliphatic carbocycles. The molecule has 0 spiro atoms. The van der Waals surface area contributed by atoms with Gasteiger partial charge in [-0.1, -0.05) is 84.9 Å². The number of aromatic nitrogens is 1. The van der Waals surface area contributed by atoms with Gasteiger partial charge in [-0.2, -0.15) is 0 Å². The van der Waals surface area contributed by atoms with E-state index in [1.807, 2.05) is 0 Å². The number of fused-ring (bicyclic) bond motifs is 4. The van der Waals surface area contributed by atoms with E-state index in [4.69, 9.17) is 0 Å². The smallest absolute Gasteiger partial charge is 0.0547 e. The van der Waals surface area contributed by atoms with Gasteiger partial charge in [0.2, 0.25) is 0 Å². The summed E-state index contributed by atoms with van der Waals surface area (Å²) in [4.78, 5) is 0. The molecule has 0 fully saturated rings. The summed E-state index contributed by atoms with van der Waals surface area (Å²) in [5.41, 5.74) is 7.60. The van der Waals surface area contributed by atoms with Gasteiger partial charge in [-0.15, -0.1) is 0 Å². The van der Waals surface area contributed by atoms with Gasteiger partial charge < -0.3 is 4.57 Å². The minimum absolute atomic E-state index is 1.19. The van der Waals surface area contributed by atoms with Crippen LogP contribution in [0.25, 0.3) is 49.4 Å². The highest BCUT2D eigenvalue weighted by molar-refractivity contribution is 6.18. The molecular weight excluding hydrogens is 362 g/mol. The Bertz CT molecular complexity index is 1540. The maximum absolute atomic E-state index is 2.38. The van der Waals surface area contributed by atoms with Crippen LogP contribution in [0.3, 0.4) is 0 Å². The Morgan fingerprint density at radius 1 is 0.533 bits per heavy atom. The van der Waals surface area contributed by atoms with Crippen LogP contribution in [0.4, 0.5) is 0 Å². The van der Waals surface area contributed by atoms with Gasteiger partial charge in [0.1, 0.15) is 0 Å². The SMILES string of the molecule is Cc1ccc2ccccc2c1-c1cccc2c1c1ccccc1n2-c1ccccc1. The van der Waals surface area contributed by atoms with Crippen LogP contribution in [0, 0.1) is 6.92 Å². The van der Waals surface area contributed by atoms with Crippen LogP contribution in [-0.2, 0) is 0 Å². The molecule has 1 heterocycles. The highest BCUT2D eigenvalue weighted by atomic mass is 15.0. The molecule has 0 unspecified atom stereocenters. The molecular formula is C29H21N. The van der Waals surface area contributed by atoms with Crippen molar-refractivity contribution in [2.24, 2.45) is 0 Å². The summed E-state index contributed by atoms with van der Waals surface area (Å²) in [6.45, 7) is 2.22. The fourth-order valence-electron chi connectivity index (χ4n) is 4.82. The van der Waals surface area contributed by atoms with Gasteiger partial charge in [-0.3, -0.25) is 0 Å². The Labute approximate surface area is 175 Å². The minimum atomic E-state index is 1.19. The minimum Gasteiger partial charge on any atom is -0.309 e. The first-order valence-corrected chi connectivity index (χ1v) is 10.4. The molecule has 30 heavy (non-hydrogen) atoms. The monoisotopic (exact) mass is 383 g/mol. The van der Waals surface area contributed by atoms with Crippen LogP contribution in [0.2, 0.25) is 0 Å². The van der Waals surface area contributed by atoms with Crippen LogP contribution < -0.4 is 0 Å². The molecule has 142 valence electrons. The highest BCUT2D eigenvalue weighted by Gasteiger charge is 2.17. The lowest BCUT2D eigenvalue weighted by molar-refractivity contribution is 1.18. The second kappa shape index (κ2) is 6.60. The van der Waals surface area contributed by atoms with Gasteiger partial charge in [0.15, 0.2) is 0 Å². The largest absolute Gasteiger partial charge is 0.309 e. The van der Waals surface area contributed by atoms with Crippen molar-refractivity contribution in [3.63, 3.8) is 0 Å². The van der Waals surface area contributed by atoms with Crippen molar-refractivity contribution >= 4 is 32.6 Å². The molecule has 5 aromatic carbocycles. The van der Waals surface area contributed by atoms with E-state index in [0.29, 0.717) is 0 Å². The van der Waals surface area contributed by atoms with E-state index in [2.05, 4.69) is 121 Å². The molecule has 0 atom stereocenters. The average Bonchev–Trinajstić information content (AvgIpc) is 3.14. The molecule has 0 aliphatic heterocycles. The van der Waals surface area contributed by atoms with E-state index >= 15 is 0 Å². The summed E-state index contributed by atoms with van der Waals surface area (Å²) in [5, 5.41) is 5.19. The average molecular weight is 383 g/mol. The molecule has 0 saturated heterocycles. The first kappa shape index (κ1) is 17.1. The Morgan fingerprint density at radius 3 is 2.10 bits per heavy atom. The number of rotatable bonds is 2. The van der Waals surface area contributed by atoms with Crippen LogP contribution in [-0.4, -0.2) is 4.57 Å². The van der Waals surface area contributed by atoms with E-state index < -0.39 is 0 Å². The zero-order chi connectivity index (χ0) is 20.1. The van der Waals surface area contributed by atoms with Gasteiger partial charge in [-0.25, -0.2) is 0 Å². The van der Waals surface area contributed by atoms with Crippen LogP contribution >= 0.6 is 0 Å². The van der Waals surface area contributed by atoms with Crippen molar-refractivity contribution in [2.45, 2.75) is 6.92 Å². The second-order valence-corrected chi connectivity index (χ2v) is 7.87. The molecule has 1 aromatic heterocycles. The van der Waals surface area contributed by atoms with E-state index in [0.717, 1.165) is 0 Å². The summed E-state index contributed by atoms with van der Waals surface area (Å²) in [5.74, 6) is 0. The van der Waals surface area contributed by atoms with Crippen molar-refractivity contribution in [1.29, 1.82) is 0 Å². The molecule has 6 rings (SSSR count). The fraction of sp³-hybridized carbons (Fsp3) is 0.0345. The maximum Gasteiger partial charge on any atom is 0.0547 e. The number of hydrogen-bond donors (Lipinski definition) is 0. The maximum atomic E-state index is 2.38. The first-order chi connectivity index (χ1) is 14.8. The first-order valence-electron chi connectivity index (χ1n) is 10.4. The van der Waals surface area contributed by atoms with Gasteiger partial charge >= 0.3 is 0 Å². The van der Waals surface area contributed by atoms with E-state index in [1.54, 1.807) is 0 Å². The predicted octanol–water partition coefficient (Wildman–Crippen LogP) is 7.91. The van der Waals surface area contributed by atoms with Gasteiger partial charge in [0.05, 0.1) is 11.0 Å². The standard InChI is InChI=1S/C29H21N/c1-20-18-19-21-10-5-6-13-23(21)28(20)25-15-9-17-27-29(25)24-14-7-8-16-26(24)30(27)22-11-3-2-4-12-22/h2-19H,1H3. The Kier molecular flexibility index (Phi) is 3.75. The summed E-state index contributed by atoms with van der Waals surface area (Å²) in [7, 11) is 0. The molecule has 0 N–H and O–H groups in total. The van der Waals surface area contributed by atoms with Crippen molar-refractivity contribution in [2.75, 3.05) is 0 Å². The second-order valence-electron chi connectivity index (χ2n) is 7.87. The van der Waals surface area contributed by atoms with Crippen molar-refractivity contribution in [1.82, 2.24) is 4.57 Å². The number of aryl methyl sites for hydroxylation is 1. The lowest BCUT2D eigenvalue weighted by Crippen LogP contribution is -1.93. The van der Waals surface area contributed by atoms with Crippen molar-refractivity contribution in [3.8, 4) is 16.8 Å². The molecule has 6 aromatic rings. The third kappa shape index (κ3) is 2.42. The van der Waals surface area contributed by atoms with Crippen molar-refractivity contribution < 1.29 is 0 Å². The van der Waals surface area contributed by atoms with E-state index in [-0.39, 0.29) is 0 Å². The molecule has 1 nitrogen and oxygen atoms in total. The van der Waals surface area contributed by atoms with E-state index in [1.165, 1.54) is 55.0 Å². The Hall–Kier alpha value is -3.84. The molecule has 0 radical (unpaired) electrons. The quantitative estimate of drug-likeness (QED) is 0.286. The van der Waals surface area contributed by atoms with Crippen molar-refractivity contribution in [3.05, 3.63) is 115 Å². The van der Waals surface area contributed by atoms with Crippen LogP contribution in [0.5, 0.6) is 0 Å². The van der Waals surface area contributed by atoms with Gasteiger partial charge in [0, 0.05) is 16.5 Å². The lowest BCUT2D eigenvalue weighted by atomic mass is 9.91. The Morgan fingerprint density at radius 2 is 1.23 bits per heavy atom. The molecule has 0 bridgehead atoms. The molecule has 1 heteroatoms. The number of hydrogen-bond acceptors (Lipinski definition) is 0. The van der Waals surface area contributed by atoms with E-state index in [9.17, 15) is 0 Å². The summed E-state index contributed by atoms with van der Waals surface area (Å²) in [6, 6.07) is 39.3. The normalized spacial score (nSPS) is 11.5. The number of para-hydroxylation sites is 2. The van der Waals surface area contributed by atoms with Gasteiger partial charge in [0.25, 0.3) is 0 Å². The summed E-state index contributed by atoms with van der Waals surface area (Å²) >= 11 is 0. The molecule has 0 amide bonds. The zero-order valence-electron chi connectivity index (χ0n) is 16.8. The van der Waals surface area contributed by atoms with Crippen LogP contribution in [0.15, 0.2) is 109 Å². The Balaban J connectivity index is 1.81. The zero-order valence-corrected chi connectivity index (χ0v) is 16.8. The summed E-state index contributed by atoms with van der Waals surface area (Å²) in [6.07, 6.45) is 0. The highest BCUT2D eigenvalue weighted by Crippen LogP contribution is 2.41. The van der Waals surface area contributed by atoms with Crippen LogP contribution in [0.1, 0.15) is 5.56 Å². The topological polar surface area (TPSA) is 4.93 Å². The molecule has 0 saturated carbocycles. The predicted molar refractivity (Wildman–Crippen MR) is 128 cm³/mol. The van der Waals surface area contributed by atoms with Gasteiger partial charge in [-0.05, 0) is 58.7 Å². The summed E-state index contributed by atoms with van der Waals surface area (Å²) < 4.78 is 2.38. The molecule has 0 aliphatic rings. The number of nitrogens with zero attached hydrogens (tertiary/aromatic N) is 1. The fourth-order valence-corrected chi connectivity index (χ4v) is 4.82. The third-order valence-electron chi connectivity index (χ3n) is 6.12. The number of benzene rings is 5. The third-order valence-corrected chi connectivity index (χ3v) is 6.12. The lowest BCUT2D eigenvalue weighted by Gasteiger charge is -2.13.